The summed E-state index contributed by atoms with van der Waals surface area (Å²) in [6, 6.07) is 14.0. The largest absolute Gasteiger partial charge is 0.309 e. The van der Waals surface area contributed by atoms with Gasteiger partial charge in [-0.3, -0.25) is 9.69 Å². The molecule has 1 atom stereocenters. The van der Waals surface area contributed by atoms with Gasteiger partial charge in [0.15, 0.2) is 0 Å². The number of nitrogens with one attached hydrogen (secondary N) is 1. The Morgan fingerprint density at radius 3 is 2.82 bits per heavy atom. The number of carbonyl (C=O) groups is 1. The van der Waals surface area contributed by atoms with E-state index in [1.807, 2.05) is 37.3 Å². The molecule has 1 aliphatic heterocycles. The molecule has 1 aliphatic rings. The van der Waals surface area contributed by atoms with E-state index in [1.54, 1.807) is 6.20 Å². The molecule has 1 amide bonds. The highest BCUT2D eigenvalue weighted by molar-refractivity contribution is 5.94. The number of aromatic nitrogens is 1. The summed E-state index contributed by atoms with van der Waals surface area (Å²) in [7, 11) is 0. The first-order valence-corrected chi connectivity index (χ1v) is 7.74. The zero-order chi connectivity index (χ0) is 15.4. The van der Waals surface area contributed by atoms with E-state index in [0.29, 0.717) is 5.82 Å². The minimum absolute atomic E-state index is 0.0461. The van der Waals surface area contributed by atoms with Crippen LogP contribution < -0.4 is 5.32 Å². The second-order valence-corrected chi connectivity index (χ2v) is 5.82. The van der Waals surface area contributed by atoms with Gasteiger partial charge in [0.1, 0.15) is 5.82 Å². The standard InChI is InChI=1S/C18H21N3O/c1-14-9-10-17(19-12-14)20-18(22)16-8-5-11-21(16)13-15-6-3-2-4-7-15/h2-4,6-7,9-10,12,16H,5,8,11,13H2,1H3,(H,19,20,22). The average molecular weight is 295 g/mol. The van der Waals surface area contributed by atoms with Crippen molar-refractivity contribution in [2.24, 2.45) is 0 Å². The average Bonchev–Trinajstić information content (AvgIpc) is 2.99. The Labute approximate surface area is 131 Å². The summed E-state index contributed by atoms with van der Waals surface area (Å²) in [5, 5.41) is 2.94. The van der Waals surface area contributed by atoms with Gasteiger partial charge in [-0.25, -0.2) is 4.98 Å². The molecule has 1 aromatic carbocycles. The molecular formula is C18H21N3O. The number of carbonyl (C=O) groups excluding carboxylic acids is 1. The molecule has 0 radical (unpaired) electrons. The Bertz CT molecular complexity index is 625. The summed E-state index contributed by atoms with van der Waals surface area (Å²) in [6.45, 7) is 3.77. The minimum atomic E-state index is -0.0664. The van der Waals surface area contributed by atoms with Crippen LogP contribution in [0.25, 0.3) is 0 Å². The van der Waals surface area contributed by atoms with E-state index in [-0.39, 0.29) is 11.9 Å². The minimum Gasteiger partial charge on any atom is -0.309 e. The number of likely N-dealkylation sites (tertiary alicyclic amines) is 1. The van der Waals surface area contributed by atoms with E-state index in [9.17, 15) is 4.79 Å². The molecule has 0 saturated carbocycles. The molecule has 3 rings (SSSR count). The number of aryl methyl sites for hydroxylation is 1. The van der Waals surface area contributed by atoms with Crippen molar-refractivity contribution in [2.75, 3.05) is 11.9 Å². The number of amides is 1. The molecule has 1 N–H and O–H groups in total. The Morgan fingerprint density at radius 1 is 1.27 bits per heavy atom. The topological polar surface area (TPSA) is 45.2 Å². The van der Waals surface area contributed by atoms with Crippen molar-refractivity contribution >= 4 is 11.7 Å². The highest BCUT2D eigenvalue weighted by atomic mass is 16.2. The third-order valence-corrected chi connectivity index (χ3v) is 4.06. The lowest BCUT2D eigenvalue weighted by molar-refractivity contribution is -0.120. The van der Waals surface area contributed by atoms with Crippen LogP contribution in [0.5, 0.6) is 0 Å². The van der Waals surface area contributed by atoms with Gasteiger partial charge in [0.25, 0.3) is 0 Å². The van der Waals surface area contributed by atoms with Crippen molar-refractivity contribution < 1.29 is 4.79 Å². The van der Waals surface area contributed by atoms with Crippen LogP contribution in [-0.4, -0.2) is 28.4 Å². The monoisotopic (exact) mass is 295 g/mol. The first-order chi connectivity index (χ1) is 10.7. The first-order valence-electron chi connectivity index (χ1n) is 7.74. The summed E-state index contributed by atoms with van der Waals surface area (Å²) in [6.07, 6.45) is 3.74. The number of benzene rings is 1. The van der Waals surface area contributed by atoms with E-state index in [1.165, 1.54) is 5.56 Å². The lowest BCUT2D eigenvalue weighted by Gasteiger charge is -2.23. The van der Waals surface area contributed by atoms with Gasteiger partial charge in [-0.05, 0) is 43.5 Å². The zero-order valence-corrected chi connectivity index (χ0v) is 12.8. The molecular weight excluding hydrogens is 274 g/mol. The van der Waals surface area contributed by atoms with Crippen LogP contribution in [0.3, 0.4) is 0 Å². The Balaban J connectivity index is 1.64. The normalized spacial score (nSPS) is 18.3. The molecule has 1 unspecified atom stereocenters. The highest BCUT2D eigenvalue weighted by Crippen LogP contribution is 2.21. The number of hydrogen-bond donors (Lipinski definition) is 1. The van der Waals surface area contributed by atoms with Gasteiger partial charge in [0.2, 0.25) is 5.91 Å². The zero-order valence-electron chi connectivity index (χ0n) is 12.8. The summed E-state index contributed by atoms with van der Waals surface area (Å²) >= 11 is 0. The number of nitrogens with zero attached hydrogens (tertiary/aromatic N) is 2. The molecule has 4 nitrogen and oxygen atoms in total. The Kier molecular flexibility index (Phi) is 4.49. The quantitative estimate of drug-likeness (QED) is 0.943. The molecule has 1 fully saturated rings. The maximum Gasteiger partial charge on any atom is 0.242 e. The number of pyridine rings is 1. The third-order valence-electron chi connectivity index (χ3n) is 4.06. The van der Waals surface area contributed by atoms with E-state index in [0.717, 1.165) is 31.5 Å². The third kappa shape index (κ3) is 3.52. The molecule has 1 aromatic heterocycles. The molecule has 4 heteroatoms. The molecule has 1 saturated heterocycles. The maximum atomic E-state index is 12.5. The van der Waals surface area contributed by atoms with Gasteiger partial charge >= 0.3 is 0 Å². The molecule has 114 valence electrons. The van der Waals surface area contributed by atoms with Gasteiger partial charge in [0.05, 0.1) is 6.04 Å². The van der Waals surface area contributed by atoms with Gasteiger partial charge in [-0.1, -0.05) is 36.4 Å². The number of rotatable bonds is 4. The molecule has 0 bridgehead atoms. The van der Waals surface area contributed by atoms with Gasteiger partial charge < -0.3 is 5.32 Å². The van der Waals surface area contributed by atoms with Crippen molar-refractivity contribution in [1.82, 2.24) is 9.88 Å². The smallest absolute Gasteiger partial charge is 0.242 e. The van der Waals surface area contributed by atoms with Crippen molar-refractivity contribution in [3.05, 3.63) is 59.8 Å². The van der Waals surface area contributed by atoms with Crippen LogP contribution in [0.1, 0.15) is 24.0 Å². The summed E-state index contributed by atoms with van der Waals surface area (Å²) in [5.74, 6) is 0.673. The van der Waals surface area contributed by atoms with Gasteiger partial charge in [-0.15, -0.1) is 0 Å². The lowest BCUT2D eigenvalue weighted by Crippen LogP contribution is -2.39. The maximum absolute atomic E-state index is 12.5. The van der Waals surface area contributed by atoms with E-state index >= 15 is 0 Å². The Hall–Kier alpha value is -2.20. The predicted molar refractivity (Wildman–Crippen MR) is 87.5 cm³/mol. The predicted octanol–water partition coefficient (Wildman–Crippen LogP) is 2.99. The number of hydrogen-bond acceptors (Lipinski definition) is 3. The van der Waals surface area contributed by atoms with Crippen LogP contribution in [0.2, 0.25) is 0 Å². The molecule has 0 aliphatic carbocycles. The van der Waals surface area contributed by atoms with E-state index in [2.05, 4.69) is 27.3 Å². The van der Waals surface area contributed by atoms with Crippen molar-refractivity contribution in [3.8, 4) is 0 Å². The van der Waals surface area contributed by atoms with Gasteiger partial charge in [-0.2, -0.15) is 0 Å². The fourth-order valence-electron chi connectivity index (χ4n) is 2.88. The van der Waals surface area contributed by atoms with Crippen molar-refractivity contribution in [2.45, 2.75) is 32.4 Å². The van der Waals surface area contributed by atoms with Crippen LogP contribution in [0.15, 0.2) is 48.7 Å². The Morgan fingerprint density at radius 2 is 2.09 bits per heavy atom. The number of anilines is 1. The molecule has 2 heterocycles. The van der Waals surface area contributed by atoms with Gasteiger partial charge in [0, 0.05) is 12.7 Å². The molecule has 0 spiro atoms. The summed E-state index contributed by atoms with van der Waals surface area (Å²) in [5.41, 5.74) is 2.33. The summed E-state index contributed by atoms with van der Waals surface area (Å²) < 4.78 is 0. The SMILES string of the molecule is Cc1ccc(NC(=O)C2CCCN2Cc2ccccc2)nc1. The van der Waals surface area contributed by atoms with E-state index < -0.39 is 0 Å². The molecule has 2 aromatic rings. The van der Waals surface area contributed by atoms with Crippen LogP contribution in [0, 0.1) is 6.92 Å². The van der Waals surface area contributed by atoms with Crippen LogP contribution in [-0.2, 0) is 11.3 Å². The van der Waals surface area contributed by atoms with E-state index in [4.69, 9.17) is 0 Å². The fourth-order valence-corrected chi connectivity index (χ4v) is 2.88. The second-order valence-electron chi connectivity index (χ2n) is 5.82. The highest BCUT2D eigenvalue weighted by Gasteiger charge is 2.30. The van der Waals surface area contributed by atoms with Crippen molar-refractivity contribution in [1.29, 1.82) is 0 Å². The van der Waals surface area contributed by atoms with Crippen molar-refractivity contribution in [3.63, 3.8) is 0 Å². The fraction of sp³-hybridized carbons (Fsp3) is 0.333. The lowest BCUT2D eigenvalue weighted by atomic mass is 10.1. The van der Waals surface area contributed by atoms with Crippen LogP contribution in [0.4, 0.5) is 5.82 Å². The first kappa shape index (κ1) is 14.7. The van der Waals surface area contributed by atoms with Crippen LogP contribution >= 0.6 is 0 Å². The molecule has 22 heavy (non-hydrogen) atoms. The second kappa shape index (κ2) is 6.71. The summed E-state index contributed by atoms with van der Waals surface area (Å²) in [4.78, 5) is 19.0.